The molecule has 3 rings (SSSR count). The van der Waals surface area contributed by atoms with Gasteiger partial charge < -0.3 is 15.4 Å². The van der Waals surface area contributed by atoms with Crippen LogP contribution >= 0.6 is 0 Å². The number of fused-ring (bicyclic) bond motifs is 1. The molecule has 0 bridgehead atoms. The second kappa shape index (κ2) is 9.81. The maximum atomic E-state index is 12.6. The fourth-order valence-electron chi connectivity index (χ4n) is 2.97. The number of rotatable bonds is 8. The summed E-state index contributed by atoms with van der Waals surface area (Å²) in [5.41, 5.74) is 2.43. The molecule has 0 saturated heterocycles. The zero-order chi connectivity index (χ0) is 20.6. The Morgan fingerprint density at radius 2 is 2.07 bits per heavy atom. The lowest BCUT2D eigenvalue weighted by atomic mass is 10.1. The quantitative estimate of drug-likeness (QED) is 0.344. The number of aryl methyl sites for hydroxylation is 2. The first kappa shape index (κ1) is 20.5. The van der Waals surface area contributed by atoms with Crippen molar-refractivity contribution in [1.82, 2.24) is 25.2 Å². The van der Waals surface area contributed by atoms with Gasteiger partial charge in [0, 0.05) is 38.3 Å². The van der Waals surface area contributed by atoms with Gasteiger partial charge in [-0.3, -0.25) is 9.39 Å². The Bertz CT molecular complexity index is 973. The lowest BCUT2D eigenvalue weighted by molar-refractivity contribution is -0.0504. The summed E-state index contributed by atoms with van der Waals surface area (Å²) >= 11 is 0. The summed E-state index contributed by atoms with van der Waals surface area (Å²) in [6.07, 6.45) is 3.54. The number of nitrogens with one attached hydrogen (secondary N) is 2. The van der Waals surface area contributed by atoms with Crippen molar-refractivity contribution in [3.63, 3.8) is 0 Å². The standard InChI is InChI=1S/C20H24F2N6O/c1-14-8-9-16(29-19(21)22)15(12-14)13-25-20(23-2)24-10-5-7-18-27-26-17-6-3-4-11-28(17)18/h3-4,6,8-9,11-12,19H,5,7,10,13H2,1-2H3,(H2,23,24,25). The molecule has 0 aliphatic heterocycles. The van der Waals surface area contributed by atoms with Crippen LogP contribution in [-0.2, 0) is 13.0 Å². The SMILES string of the molecule is CN=C(NCCCc1nnc2ccccn12)NCc1cc(C)ccc1OC(F)F. The fourth-order valence-corrected chi connectivity index (χ4v) is 2.97. The van der Waals surface area contributed by atoms with Gasteiger partial charge in [0.15, 0.2) is 11.6 Å². The highest BCUT2D eigenvalue weighted by Crippen LogP contribution is 2.21. The molecule has 0 aliphatic carbocycles. The Balaban J connectivity index is 1.49. The van der Waals surface area contributed by atoms with E-state index in [2.05, 4.69) is 30.6 Å². The molecule has 3 aromatic rings. The number of hydrogen-bond donors (Lipinski definition) is 2. The van der Waals surface area contributed by atoms with Gasteiger partial charge in [0.1, 0.15) is 11.6 Å². The van der Waals surface area contributed by atoms with E-state index in [4.69, 9.17) is 0 Å². The van der Waals surface area contributed by atoms with E-state index in [-0.39, 0.29) is 5.75 Å². The van der Waals surface area contributed by atoms with E-state index in [1.54, 1.807) is 19.2 Å². The molecular weight excluding hydrogens is 378 g/mol. The molecule has 0 aliphatic rings. The number of hydrogen-bond acceptors (Lipinski definition) is 4. The summed E-state index contributed by atoms with van der Waals surface area (Å²) in [4.78, 5) is 4.17. The number of guanidine groups is 1. The number of benzene rings is 1. The van der Waals surface area contributed by atoms with Crippen LogP contribution in [0.5, 0.6) is 5.75 Å². The van der Waals surface area contributed by atoms with Crippen LogP contribution in [0.4, 0.5) is 8.78 Å². The number of ether oxygens (including phenoxy) is 1. The van der Waals surface area contributed by atoms with E-state index in [9.17, 15) is 8.78 Å². The third kappa shape index (κ3) is 5.63. The third-order valence-electron chi connectivity index (χ3n) is 4.36. The highest BCUT2D eigenvalue weighted by molar-refractivity contribution is 5.79. The van der Waals surface area contributed by atoms with Crippen molar-refractivity contribution in [2.24, 2.45) is 4.99 Å². The minimum atomic E-state index is -2.86. The molecule has 0 spiro atoms. The van der Waals surface area contributed by atoms with Crippen LogP contribution in [0.3, 0.4) is 0 Å². The van der Waals surface area contributed by atoms with E-state index >= 15 is 0 Å². The average Bonchev–Trinajstić information content (AvgIpc) is 3.12. The number of aromatic nitrogens is 3. The second-order valence-electron chi connectivity index (χ2n) is 6.49. The topological polar surface area (TPSA) is 75.8 Å². The Morgan fingerprint density at radius 3 is 2.86 bits per heavy atom. The van der Waals surface area contributed by atoms with Gasteiger partial charge in [0.25, 0.3) is 0 Å². The molecule has 1 aromatic carbocycles. The summed E-state index contributed by atoms with van der Waals surface area (Å²) in [7, 11) is 1.66. The van der Waals surface area contributed by atoms with Crippen LogP contribution < -0.4 is 15.4 Å². The monoisotopic (exact) mass is 402 g/mol. The van der Waals surface area contributed by atoms with Gasteiger partial charge in [-0.25, -0.2) is 0 Å². The number of alkyl halides is 2. The van der Waals surface area contributed by atoms with Gasteiger partial charge in [0.05, 0.1) is 0 Å². The average molecular weight is 402 g/mol. The number of halogens is 2. The first-order valence-electron chi connectivity index (χ1n) is 9.34. The fraction of sp³-hybridized carbons (Fsp3) is 0.350. The summed E-state index contributed by atoms with van der Waals surface area (Å²) in [5.74, 6) is 1.65. The van der Waals surface area contributed by atoms with Crippen LogP contribution in [0.25, 0.3) is 5.65 Å². The number of aliphatic imine (C=N–C) groups is 1. The van der Waals surface area contributed by atoms with Crippen molar-refractivity contribution >= 4 is 11.6 Å². The molecule has 0 atom stereocenters. The Hall–Kier alpha value is -3.23. The minimum Gasteiger partial charge on any atom is -0.434 e. The second-order valence-corrected chi connectivity index (χ2v) is 6.49. The molecule has 0 radical (unpaired) electrons. The number of pyridine rings is 1. The predicted octanol–water partition coefficient (Wildman–Crippen LogP) is 2.94. The zero-order valence-electron chi connectivity index (χ0n) is 16.4. The molecule has 9 heteroatoms. The van der Waals surface area contributed by atoms with Crippen molar-refractivity contribution in [1.29, 1.82) is 0 Å². The molecule has 2 N–H and O–H groups in total. The first-order valence-corrected chi connectivity index (χ1v) is 9.34. The van der Waals surface area contributed by atoms with E-state index in [0.29, 0.717) is 24.6 Å². The minimum absolute atomic E-state index is 0.159. The Kier molecular flexibility index (Phi) is 6.94. The van der Waals surface area contributed by atoms with Gasteiger partial charge in [-0.05, 0) is 31.5 Å². The van der Waals surface area contributed by atoms with E-state index in [1.807, 2.05) is 41.8 Å². The van der Waals surface area contributed by atoms with Crippen LogP contribution in [0.1, 0.15) is 23.4 Å². The normalized spacial score (nSPS) is 11.8. The molecule has 2 aromatic heterocycles. The molecule has 154 valence electrons. The maximum absolute atomic E-state index is 12.6. The van der Waals surface area contributed by atoms with Gasteiger partial charge in [-0.2, -0.15) is 8.78 Å². The molecule has 29 heavy (non-hydrogen) atoms. The van der Waals surface area contributed by atoms with E-state index in [0.717, 1.165) is 29.9 Å². The van der Waals surface area contributed by atoms with Crippen molar-refractivity contribution in [3.8, 4) is 5.75 Å². The smallest absolute Gasteiger partial charge is 0.387 e. The molecule has 0 amide bonds. The van der Waals surface area contributed by atoms with Crippen LogP contribution in [0.15, 0.2) is 47.6 Å². The largest absolute Gasteiger partial charge is 0.434 e. The van der Waals surface area contributed by atoms with E-state index < -0.39 is 6.61 Å². The van der Waals surface area contributed by atoms with Gasteiger partial charge in [-0.1, -0.05) is 23.8 Å². The van der Waals surface area contributed by atoms with Gasteiger partial charge in [-0.15, -0.1) is 10.2 Å². The van der Waals surface area contributed by atoms with E-state index in [1.165, 1.54) is 0 Å². The molecule has 7 nitrogen and oxygen atoms in total. The highest BCUT2D eigenvalue weighted by atomic mass is 19.3. The molecule has 0 fully saturated rings. The van der Waals surface area contributed by atoms with Crippen LogP contribution in [-0.4, -0.2) is 40.8 Å². The predicted molar refractivity (Wildman–Crippen MR) is 107 cm³/mol. The number of nitrogens with zero attached hydrogens (tertiary/aromatic N) is 4. The summed E-state index contributed by atoms with van der Waals surface area (Å²) < 4.78 is 31.8. The van der Waals surface area contributed by atoms with Crippen LogP contribution in [0.2, 0.25) is 0 Å². The maximum Gasteiger partial charge on any atom is 0.387 e. The molecule has 2 heterocycles. The summed E-state index contributed by atoms with van der Waals surface area (Å²) in [5, 5.41) is 14.7. The highest BCUT2D eigenvalue weighted by Gasteiger charge is 2.10. The van der Waals surface area contributed by atoms with Crippen molar-refractivity contribution < 1.29 is 13.5 Å². The van der Waals surface area contributed by atoms with Gasteiger partial charge >= 0.3 is 6.61 Å². The van der Waals surface area contributed by atoms with Crippen LogP contribution in [0, 0.1) is 6.92 Å². The molecule has 0 unspecified atom stereocenters. The Labute approximate surface area is 167 Å². The molecular formula is C20H24F2N6O. The first-order chi connectivity index (χ1) is 14.1. The third-order valence-corrected chi connectivity index (χ3v) is 4.36. The zero-order valence-corrected chi connectivity index (χ0v) is 16.4. The Morgan fingerprint density at radius 1 is 1.21 bits per heavy atom. The lowest BCUT2D eigenvalue weighted by Gasteiger charge is -2.15. The van der Waals surface area contributed by atoms with Crippen molar-refractivity contribution in [3.05, 3.63) is 59.5 Å². The van der Waals surface area contributed by atoms with Crippen molar-refractivity contribution in [2.45, 2.75) is 32.9 Å². The molecule has 0 saturated carbocycles. The van der Waals surface area contributed by atoms with Gasteiger partial charge in [0.2, 0.25) is 0 Å². The summed E-state index contributed by atoms with van der Waals surface area (Å²) in [6, 6.07) is 10.9. The van der Waals surface area contributed by atoms with Crippen molar-refractivity contribution in [2.75, 3.05) is 13.6 Å². The summed E-state index contributed by atoms with van der Waals surface area (Å²) in [6.45, 7) is 0.0345. The lowest BCUT2D eigenvalue weighted by Crippen LogP contribution is -2.37.